The number of piperidine rings is 1. The van der Waals surface area contributed by atoms with E-state index < -0.39 is 12.1 Å². The summed E-state index contributed by atoms with van der Waals surface area (Å²) >= 11 is 1.71. The molecule has 0 bridgehead atoms. The molecule has 0 spiro atoms. The molecule has 2 amide bonds. The summed E-state index contributed by atoms with van der Waals surface area (Å²) in [7, 11) is 0. The van der Waals surface area contributed by atoms with Crippen molar-refractivity contribution in [2.24, 2.45) is 5.92 Å². The fourth-order valence-corrected chi connectivity index (χ4v) is 3.43. The molecule has 2 aliphatic heterocycles. The first-order valence-corrected chi connectivity index (χ1v) is 7.40. The minimum Gasteiger partial charge on any atom is -0.465 e. The first-order valence-electron chi connectivity index (χ1n) is 6.25. The maximum atomic E-state index is 12.3. The predicted molar refractivity (Wildman–Crippen MR) is 69.6 cm³/mol. The zero-order valence-electron chi connectivity index (χ0n) is 10.2. The number of carbonyl (C=O) groups is 2. The van der Waals surface area contributed by atoms with E-state index >= 15 is 0 Å². The minimum absolute atomic E-state index is 0.0608. The molecular formula is C11H19N3O3S. The molecule has 0 aromatic rings. The summed E-state index contributed by atoms with van der Waals surface area (Å²) in [4.78, 5) is 25.0. The fraction of sp³-hybridized carbons (Fsp3) is 0.818. The standard InChI is InChI=1S/C11H19N3O3S/c15-10(14-5-6-18-7-14)9(13-11(16)17)8-1-3-12-4-2-8/h8-9,12-13H,1-7H2,(H,16,17)/t9-/m0/s1. The molecule has 0 saturated carbocycles. The van der Waals surface area contributed by atoms with E-state index in [1.165, 1.54) is 0 Å². The Labute approximate surface area is 110 Å². The number of amides is 2. The highest BCUT2D eigenvalue weighted by Crippen LogP contribution is 2.21. The molecular weight excluding hydrogens is 254 g/mol. The van der Waals surface area contributed by atoms with E-state index in [4.69, 9.17) is 5.11 Å². The van der Waals surface area contributed by atoms with Gasteiger partial charge in [0.25, 0.3) is 0 Å². The van der Waals surface area contributed by atoms with Gasteiger partial charge in [-0.2, -0.15) is 0 Å². The molecule has 0 radical (unpaired) electrons. The van der Waals surface area contributed by atoms with Crippen LogP contribution in [0.25, 0.3) is 0 Å². The Morgan fingerprint density at radius 2 is 2.11 bits per heavy atom. The molecule has 0 unspecified atom stereocenters. The molecule has 102 valence electrons. The number of carbonyl (C=O) groups excluding carboxylic acids is 1. The zero-order valence-corrected chi connectivity index (χ0v) is 11.0. The van der Waals surface area contributed by atoms with E-state index in [0.717, 1.165) is 38.2 Å². The van der Waals surface area contributed by atoms with E-state index in [9.17, 15) is 9.59 Å². The second kappa shape index (κ2) is 6.29. The van der Waals surface area contributed by atoms with Crippen LogP contribution >= 0.6 is 11.8 Å². The Hall–Kier alpha value is -0.950. The van der Waals surface area contributed by atoms with Gasteiger partial charge in [-0.1, -0.05) is 0 Å². The van der Waals surface area contributed by atoms with Crippen molar-refractivity contribution in [2.75, 3.05) is 31.3 Å². The van der Waals surface area contributed by atoms with Crippen molar-refractivity contribution in [3.05, 3.63) is 0 Å². The summed E-state index contributed by atoms with van der Waals surface area (Å²) in [6.45, 7) is 2.43. The van der Waals surface area contributed by atoms with Crippen molar-refractivity contribution < 1.29 is 14.7 Å². The van der Waals surface area contributed by atoms with Gasteiger partial charge in [0.15, 0.2) is 0 Å². The summed E-state index contributed by atoms with van der Waals surface area (Å²) in [5.74, 6) is 1.68. The van der Waals surface area contributed by atoms with Gasteiger partial charge in [-0.25, -0.2) is 4.79 Å². The number of hydrogen-bond acceptors (Lipinski definition) is 4. The summed E-state index contributed by atoms with van der Waals surface area (Å²) in [5, 5.41) is 14.5. The van der Waals surface area contributed by atoms with Crippen LogP contribution in [0.15, 0.2) is 0 Å². The van der Waals surface area contributed by atoms with E-state index in [-0.39, 0.29) is 11.8 Å². The van der Waals surface area contributed by atoms with Gasteiger partial charge in [-0.15, -0.1) is 11.8 Å². The monoisotopic (exact) mass is 273 g/mol. The molecule has 2 rings (SSSR count). The van der Waals surface area contributed by atoms with Crippen molar-refractivity contribution in [2.45, 2.75) is 18.9 Å². The van der Waals surface area contributed by atoms with Crippen molar-refractivity contribution >= 4 is 23.8 Å². The molecule has 0 aliphatic carbocycles. The quantitative estimate of drug-likeness (QED) is 0.682. The minimum atomic E-state index is -1.11. The highest BCUT2D eigenvalue weighted by molar-refractivity contribution is 7.99. The van der Waals surface area contributed by atoms with Crippen LogP contribution in [0.2, 0.25) is 0 Å². The Balaban J connectivity index is 2.02. The van der Waals surface area contributed by atoms with Crippen LogP contribution in [0.1, 0.15) is 12.8 Å². The van der Waals surface area contributed by atoms with Crippen LogP contribution in [-0.4, -0.2) is 59.3 Å². The Bertz CT molecular complexity index is 315. The van der Waals surface area contributed by atoms with Crippen molar-refractivity contribution in [1.29, 1.82) is 0 Å². The summed E-state index contributed by atoms with van der Waals surface area (Å²) < 4.78 is 0. The lowest BCUT2D eigenvalue weighted by Crippen LogP contribution is -2.53. The smallest absolute Gasteiger partial charge is 0.405 e. The van der Waals surface area contributed by atoms with Gasteiger partial charge < -0.3 is 20.6 Å². The molecule has 2 heterocycles. The average Bonchev–Trinajstić information content (AvgIpc) is 2.90. The van der Waals surface area contributed by atoms with Crippen molar-refractivity contribution in [3.8, 4) is 0 Å². The van der Waals surface area contributed by atoms with E-state index in [1.807, 2.05) is 0 Å². The Kier molecular flexibility index (Phi) is 4.71. The van der Waals surface area contributed by atoms with Gasteiger partial charge in [0.2, 0.25) is 5.91 Å². The molecule has 6 nitrogen and oxygen atoms in total. The van der Waals surface area contributed by atoms with Gasteiger partial charge in [-0.05, 0) is 31.8 Å². The van der Waals surface area contributed by atoms with Gasteiger partial charge >= 0.3 is 6.09 Å². The molecule has 18 heavy (non-hydrogen) atoms. The van der Waals surface area contributed by atoms with E-state index in [1.54, 1.807) is 16.7 Å². The molecule has 0 aromatic heterocycles. The lowest BCUT2D eigenvalue weighted by Gasteiger charge is -2.32. The number of hydrogen-bond donors (Lipinski definition) is 3. The predicted octanol–water partition coefficient (Wildman–Crippen LogP) is 0.155. The molecule has 7 heteroatoms. The number of nitrogens with one attached hydrogen (secondary N) is 2. The Morgan fingerprint density at radius 3 is 2.67 bits per heavy atom. The van der Waals surface area contributed by atoms with Crippen LogP contribution in [0.4, 0.5) is 4.79 Å². The lowest BCUT2D eigenvalue weighted by molar-refractivity contribution is -0.133. The normalized spacial score (nSPS) is 22.8. The van der Waals surface area contributed by atoms with Gasteiger partial charge in [-0.3, -0.25) is 4.79 Å². The highest BCUT2D eigenvalue weighted by atomic mass is 32.2. The molecule has 1 atom stereocenters. The topological polar surface area (TPSA) is 81.7 Å². The number of carboxylic acid groups (broad SMARTS) is 1. The second-order valence-corrected chi connectivity index (χ2v) is 5.73. The molecule has 0 aromatic carbocycles. The summed E-state index contributed by atoms with van der Waals surface area (Å²) in [5.41, 5.74) is 0. The fourth-order valence-electron chi connectivity index (χ4n) is 2.48. The summed E-state index contributed by atoms with van der Waals surface area (Å²) in [6, 6.07) is -0.580. The van der Waals surface area contributed by atoms with Crippen LogP contribution in [0, 0.1) is 5.92 Å². The maximum absolute atomic E-state index is 12.3. The molecule has 2 saturated heterocycles. The van der Waals surface area contributed by atoms with E-state index in [0.29, 0.717) is 5.88 Å². The van der Waals surface area contributed by atoms with Crippen molar-refractivity contribution in [1.82, 2.24) is 15.5 Å². The molecule has 2 fully saturated rings. The first-order chi connectivity index (χ1) is 8.68. The number of nitrogens with zero attached hydrogens (tertiary/aromatic N) is 1. The Morgan fingerprint density at radius 1 is 1.39 bits per heavy atom. The average molecular weight is 273 g/mol. The van der Waals surface area contributed by atoms with Crippen LogP contribution in [0.3, 0.4) is 0 Å². The van der Waals surface area contributed by atoms with Gasteiger partial charge in [0.05, 0.1) is 5.88 Å². The summed E-state index contributed by atoms with van der Waals surface area (Å²) in [6.07, 6.45) is 0.578. The third kappa shape index (κ3) is 3.29. The molecule has 2 aliphatic rings. The highest BCUT2D eigenvalue weighted by Gasteiger charge is 2.34. The van der Waals surface area contributed by atoms with Crippen LogP contribution < -0.4 is 10.6 Å². The third-order valence-corrected chi connectivity index (χ3v) is 4.43. The first kappa shape index (κ1) is 13.5. The van der Waals surface area contributed by atoms with Gasteiger partial charge in [0.1, 0.15) is 6.04 Å². The second-order valence-electron chi connectivity index (χ2n) is 4.65. The lowest BCUT2D eigenvalue weighted by atomic mass is 9.89. The van der Waals surface area contributed by atoms with Crippen LogP contribution in [0.5, 0.6) is 0 Å². The SMILES string of the molecule is O=C(O)N[C@H](C(=O)N1CCSC1)C1CCNCC1. The van der Waals surface area contributed by atoms with E-state index in [2.05, 4.69) is 10.6 Å². The van der Waals surface area contributed by atoms with Crippen molar-refractivity contribution in [3.63, 3.8) is 0 Å². The van der Waals surface area contributed by atoms with Crippen LogP contribution in [-0.2, 0) is 4.79 Å². The third-order valence-electron chi connectivity index (χ3n) is 3.46. The maximum Gasteiger partial charge on any atom is 0.405 e. The number of rotatable bonds is 3. The zero-order chi connectivity index (χ0) is 13.0. The molecule has 3 N–H and O–H groups in total. The number of thioether (sulfide) groups is 1. The van der Waals surface area contributed by atoms with Gasteiger partial charge in [0, 0.05) is 12.3 Å². The largest absolute Gasteiger partial charge is 0.465 e.